The predicted molar refractivity (Wildman–Crippen MR) is 47.5 cm³/mol. The third-order valence-electron chi connectivity index (χ3n) is 2.27. The van der Waals surface area contributed by atoms with E-state index in [9.17, 15) is 15.3 Å². The Morgan fingerprint density at radius 1 is 1.17 bits per heavy atom. The number of aliphatic hydroxyl groups is 3. The molecule has 0 aromatic rings. The van der Waals surface area contributed by atoms with E-state index in [1.165, 1.54) is 0 Å². The van der Waals surface area contributed by atoms with Crippen LogP contribution in [-0.2, 0) is 0 Å². The zero-order valence-electron chi connectivity index (χ0n) is 8.12. The summed E-state index contributed by atoms with van der Waals surface area (Å²) in [5, 5.41) is 28.0. The van der Waals surface area contributed by atoms with Crippen molar-refractivity contribution in [1.82, 2.24) is 0 Å². The zero-order valence-corrected chi connectivity index (χ0v) is 8.12. The van der Waals surface area contributed by atoms with E-state index in [0.717, 1.165) is 6.42 Å². The molecule has 0 saturated heterocycles. The van der Waals surface area contributed by atoms with Gasteiger partial charge in [0.25, 0.3) is 0 Å². The first-order valence-corrected chi connectivity index (χ1v) is 4.56. The summed E-state index contributed by atoms with van der Waals surface area (Å²) < 4.78 is 0. The molecule has 0 fully saturated rings. The molecule has 0 aromatic carbocycles. The molecule has 0 aliphatic heterocycles. The molecule has 0 aromatic heterocycles. The van der Waals surface area contributed by atoms with Gasteiger partial charge in [0.15, 0.2) is 5.79 Å². The average Bonchev–Trinajstić information content (AvgIpc) is 2.02. The van der Waals surface area contributed by atoms with Crippen molar-refractivity contribution in [3.8, 4) is 0 Å². The van der Waals surface area contributed by atoms with Gasteiger partial charge in [-0.1, -0.05) is 27.2 Å². The molecule has 0 bridgehead atoms. The topological polar surface area (TPSA) is 60.7 Å². The standard InChI is InChI=1S/C9H20O3/c1-4-7(3)6-9(11,12)8(10)5-2/h7-8,10-12H,4-6H2,1-3H3. The summed E-state index contributed by atoms with van der Waals surface area (Å²) in [5.74, 6) is -1.69. The molecule has 0 rings (SSSR count). The first-order valence-electron chi connectivity index (χ1n) is 4.56. The number of rotatable bonds is 5. The molecule has 74 valence electrons. The van der Waals surface area contributed by atoms with Crippen molar-refractivity contribution in [2.45, 2.75) is 51.9 Å². The van der Waals surface area contributed by atoms with Crippen LogP contribution in [0.3, 0.4) is 0 Å². The molecule has 0 saturated carbocycles. The van der Waals surface area contributed by atoms with Gasteiger partial charge < -0.3 is 15.3 Å². The molecule has 0 heterocycles. The smallest absolute Gasteiger partial charge is 0.189 e. The number of aliphatic hydroxyl groups excluding tert-OH is 1. The molecular weight excluding hydrogens is 156 g/mol. The van der Waals surface area contributed by atoms with E-state index in [0.29, 0.717) is 6.42 Å². The first-order chi connectivity index (χ1) is 5.44. The molecule has 3 heteroatoms. The molecule has 3 N–H and O–H groups in total. The molecule has 0 spiro atoms. The lowest BCUT2D eigenvalue weighted by molar-refractivity contribution is -0.234. The Morgan fingerprint density at radius 3 is 2.00 bits per heavy atom. The minimum atomic E-state index is -1.91. The van der Waals surface area contributed by atoms with E-state index in [1.54, 1.807) is 6.92 Å². The lowest BCUT2D eigenvalue weighted by atomic mass is 9.94. The number of hydrogen-bond donors (Lipinski definition) is 3. The predicted octanol–water partition coefficient (Wildman–Crippen LogP) is 0.874. The van der Waals surface area contributed by atoms with E-state index in [2.05, 4.69) is 0 Å². The second-order valence-electron chi connectivity index (χ2n) is 3.52. The number of hydrogen-bond acceptors (Lipinski definition) is 3. The van der Waals surface area contributed by atoms with Crippen molar-refractivity contribution in [3.63, 3.8) is 0 Å². The van der Waals surface area contributed by atoms with Crippen LogP contribution in [0.1, 0.15) is 40.0 Å². The Hall–Kier alpha value is -0.120. The van der Waals surface area contributed by atoms with Crippen molar-refractivity contribution in [2.24, 2.45) is 5.92 Å². The van der Waals surface area contributed by atoms with Crippen LogP contribution < -0.4 is 0 Å². The molecule has 0 aliphatic carbocycles. The maximum atomic E-state index is 9.39. The fourth-order valence-electron chi connectivity index (χ4n) is 1.12. The highest BCUT2D eigenvalue weighted by atomic mass is 16.5. The van der Waals surface area contributed by atoms with E-state index in [4.69, 9.17) is 0 Å². The minimum absolute atomic E-state index is 0.223. The minimum Gasteiger partial charge on any atom is -0.388 e. The van der Waals surface area contributed by atoms with Gasteiger partial charge in [0.2, 0.25) is 0 Å². The molecule has 3 nitrogen and oxygen atoms in total. The summed E-state index contributed by atoms with van der Waals surface area (Å²) >= 11 is 0. The van der Waals surface area contributed by atoms with Crippen molar-refractivity contribution >= 4 is 0 Å². The summed E-state index contributed by atoms with van der Waals surface area (Å²) in [7, 11) is 0. The van der Waals surface area contributed by atoms with Crippen LogP contribution in [0.15, 0.2) is 0 Å². The van der Waals surface area contributed by atoms with Gasteiger partial charge in [0, 0.05) is 6.42 Å². The quantitative estimate of drug-likeness (QED) is 0.545. The molecule has 2 unspecified atom stereocenters. The van der Waals surface area contributed by atoms with Gasteiger partial charge in [-0.15, -0.1) is 0 Å². The lowest BCUT2D eigenvalue weighted by Gasteiger charge is -2.28. The second kappa shape index (κ2) is 4.80. The summed E-state index contributed by atoms with van der Waals surface area (Å²) in [6.45, 7) is 5.64. The molecule has 0 aliphatic rings. The Labute approximate surface area is 74.0 Å². The Balaban J connectivity index is 4.02. The Kier molecular flexibility index (Phi) is 4.75. The zero-order chi connectivity index (χ0) is 9.78. The highest BCUT2D eigenvalue weighted by molar-refractivity contribution is 4.75. The van der Waals surface area contributed by atoms with Gasteiger partial charge in [0.1, 0.15) is 6.10 Å². The molecule has 12 heavy (non-hydrogen) atoms. The van der Waals surface area contributed by atoms with Gasteiger partial charge in [-0.25, -0.2) is 0 Å². The normalized spacial score (nSPS) is 17.5. The average molecular weight is 176 g/mol. The Bertz CT molecular complexity index is 123. The third-order valence-corrected chi connectivity index (χ3v) is 2.27. The van der Waals surface area contributed by atoms with Gasteiger partial charge in [-0.3, -0.25) is 0 Å². The van der Waals surface area contributed by atoms with Crippen LogP contribution in [0, 0.1) is 5.92 Å². The third kappa shape index (κ3) is 3.52. The molecule has 2 atom stereocenters. The maximum absolute atomic E-state index is 9.39. The van der Waals surface area contributed by atoms with Gasteiger partial charge in [-0.2, -0.15) is 0 Å². The van der Waals surface area contributed by atoms with Gasteiger partial charge >= 0.3 is 0 Å². The van der Waals surface area contributed by atoms with Crippen molar-refractivity contribution < 1.29 is 15.3 Å². The van der Waals surface area contributed by atoms with Crippen LogP contribution in [0.2, 0.25) is 0 Å². The molecule has 0 amide bonds. The van der Waals surface area contributed by atoms with E-state index in [1.807, 2.05) is 13.8 Å². The first kappa shape index (κ1) is 11.9. The molecule has 0 radical (unpaired) electrons. The summed E-state index contributed by atoms with van der Waals surface area (Å²) in [6.07, 6.45) is 0.452. The SMILES string of the molecule is CCC(C)CC(O)(O)C(O)CC. The van der Waals surface area contributed by atoms with Crippen LogP contribution in [0.25, 0.3) is 0 Å². The van der Waals surface area contributed by atoms with Crippen molar-refractivity contribution in [2.75, 3.05) is 0 Å². The highest BCUT2D eigenvalue weighted by Crippen LogP contribution is 2.21. The van der Waals surface area contributed by atoms with Crippen LogP contribution in [0.4, 0.5) is 0 Å². The van der Waals surface area contributed by atoms with Gasteiger partial charge in [-0.05, 0) is 12.3 Å². The van der Waals surface area contributed by atoms with Crippen LogP contribution in [-0.4, -0.2) is 27.2 Å². The maximum Gasteiger partial charge on any atom is 0.189 e. The lowest BCUT2D eigenvalue weighted by Crippen LogP contribution is -2.43. The van der Waals surface area contributed by atoms with Gasteiger partial charge in [0.05, 0.1) is 0 Å². The van der Waals surface area contributed by atoms with Crippen molar-refractivity contribution in [3.05, 3.63) is 0 Å². The largest absolute Gasteiger partial charge is 0.388 e. The summed E-state index contributed by atoms with van der Waals surface area (Å²) in [6, 6.07) is 0. The second-order valence-corrected chi connectivity index (χ2v) is 3.52. The highest BCUT2D eigenvalue weighted by Gasteiger charge is 2.32. The monoisotopic (exact) mass is 176 g/mol. The van der Waals surface area contributed by atoms with E-state index < -0.39 is 11.9 Å². The van der Waals surface area contributed by atoms with E-state index >= 15 is 0 Å². The van der Waals surface area contributed by atoms with E-state index in [-0.39, 0.29) is 12.3 Å². The van der Waals surface area contributed by atoms with Crippen LogP contribution >= 0.6 is 0 Å². The molecular formula is C9H20O3. The van der Waals surface area contributed by atoms with Crippen molar-refractivity contribution in [1.29, 1.82) is 0 Å². The van der Waals surface area contributed by atoms with Crippen LogP contribution in [0.5, 0.6) is 0 Å². The fraction of sp³-hybridized carbons (Fsp3) is 1.00. The summed E-state index contributed by atoms with van der Waals surface area (Å²) in [5.41, 5.74) is 0. The fourth-order valence-corrected chi connectivity index (χ4v) is 1.12. The summed E-state index contributed by atoms with van der Waals surface area (Å²) in [4.78, 5) is 0. The Morgan fingerprint density at radius 2 is 1.67 bits per heavy atom.